The van der Waals surface area contributed by atoms with Gasteiger partial charge >= 0.3 is 0 Å². The van der Waals surface area contributed by atoms with Gasteiger partial charge < -0.3 is 254 Å². The third-order valence-electron chi connectivity index (χ3n) is 21.7. The van der Waals surface area contributed by atoms with E-state index in [2.05, 4.69) is 10.6 Å². The van der Waals surface area contributed by atoms with Gasteiger partial charge in [0.1, 0.15) is 244 Å². The average Bonchev–Trinajstić information content (AvgIpc) is 0.767. The molecule has 0 aromatic rings. The number of rotatable bonds is 30. The van der Waals surface area contributed by atoms with E-state index in [0.29, 0.717) is 0 Å². The van der Waals surface area contributed by atoms with Gasteiger partial charge in [0.05, 0.1) is 66.1 Å². The van der Waals surface area contributed by atoms with Crippen LogP contribution in [0.3, 0.4) is 0 Å². The maximum atomic E-state index is 13.0. The molecule has 50 atom stereocenters. The third-order valence-corrected chi connectivity index (χ3v) is 21.7. The molecule has 10 heterocycles. The monoisotopic (exact) mass is 1720 g/mol. The van der Waals surface area contributed by atoms with Crippen molar-refractivity contribution in [2.45, 2.75) is 321 Å². The van der Waals surface area contributed by atoms with E-state index >= 15 is 0 Å². The summed E-state index contributed by atoms with van der Waals surface area (Å²) in [5.74, 6) is -1.78. The smallest absolute Gasteiger partial charge is 0.217 e. The van der Waals surface area contributed by atoms with E-state index in [9.17, 15) is 163 Å². The van der Waals surface area contributed by atoms with Gasteiger partial charge in [0.2, 0.25) is 11.8 Å². The van der Waals surface area contributed by atoms with Crippen LogP contribution in [0.4, 0.5) is 0 Å². The highest BCUT2D eigenvalue weighted by atomic mass is 16.8. The summed E-state index contributed by atoms with van der Waals surface area (Å²) in [7, 11) is 0. The van der Waals surface area contributed by atoms with Crippen molar-refractivity contribution in [3.8, 4) is 0 Å². The molecule has 0 unspecified atom stereocenters. The van der Waals surface area contributed by atoms with Gasteiger partial charge in [-0.2, -0.15) is 0 Å². The highest BCUT2D eigenvalue weighted by Crippen LogP contribution is 2.41. The molecule has 10 rings (SSSR count). The van der Waals surface area contributed by atoms with Crippen LogP contribution in [0.25, 0.3) is 0 Å². The lowest BCUT2D eigenvalue weighted by molar-refractivity contribution is -0.408. The largest absolute Gasteiger partial charge is 0.394 e. The second-order valence-corrected chi connectivity index (χ2v) is 29.5. The minimum absolute atomic E-state index is 0.805. The summed E-state index contributed by atoms with van der Waals surface area (Å²) in [6.07, 6.45) is -104. The summed E-state index contributed by atoms with van der Waals surface area (Å²) in [4.78, 5) is 25.2. The van der Waals surface area contributed by atoms with Gasteiger partial charge in [0, 0.05) is 13.8 Å². The van der Waals surface area contributed by atoms with Gasteiger partial charge in [-0.3, -0.25) is 9.59 Å². The van der Waals surface area contributed by atoms with Crippen LogP contribution in [0.5, 0.6) is 0 Å². The summed E-state index contributed by atoms with van der Waals surface area (Å²) < 4.78 is 111. The van der Waals surface area contributed by atoms with Gasteiger partial charge in [-0.25, -0.2) is 0 Å². The Kier molecular flexibility index (Phi) is 34.4. The van der Waals surface area contributed by atoms with Crippen LogP contribution in [0.1, 0.15) is 13.8 Å². The van der Waals surface area contributed by atoms with E-state index in [1.54, 1.807) is 0 Å². The Bertz CT molecular complexity index is 3050. The normalized spacial score (nSPS) is 51.5. The van der Waals surface area contributed by atoms with Gasteiger partial charge in [-0.05, 0) is 0 Å². The topological polar surface area (TPSA) is 840 Å². The zero-order valence-corrected chi connectivity index (χ0v) is 61.9. The molecule has 0 aromatic heterocycles. The lowest BCUT2D eigenvalue weighted by Gasteiger charge is -2.51. The molecule has 10 aliphatic heterocycles. The Balaban J connectivity index is 0.996. The van der Waals surface area contributed by atoms with Crippen molar-refractivity contribution in [1.82, 2.24) is 10.6 Å². The zero-order chi connectivity index (χ0) is 85.9. The van der Waals surface area contributed by atoms with Crippen molar-refractivity contribution >= 4 is 11.8 Å². The first-order chi connectivity index (χ1) is 55.4. The number of hydrogen-bond donors (Lipinski definition) is 32. The molecule has 0 saturated carbocycles. The van der Waals surface area contributed by atoms with E-state index in [4.69, 9.17) is 90.0 Å². The van der Waals surface area contributed by atoms with Crippen molar-refractivity contribution in [1.29, 1.82) is 0 Å². The maximum Gasteiger partial charge on any atom is 0.217 e. The first-order valence-electron chi connectivity index (χ1n) is 37.2. The SMILES string of the molecule is CC(=O)N[C@@H]1[C@@H](O)[C@H](O[C@@H]2O[C@H](CO)[C@@H](O[C@@H]3O[C@H](CO[C@H]4O[C@H](CO[C@H]5O[C@H](CO)[C@@H](O)[C@H](O)[C@@H]5O[C@H]5O[C@H](CO)[C@@H](O)[C@H](O)[C@@H]5O)[C@@H](O)[C@H](O[C@H]5O[C@H](CO)[C@@H](O)[C@H](O)[C@@H]5O)[C@@H]4O)[C@@H](O)[C@H](O[C@H]4O[C@H](CO)[C@@H](O)[C@H](O)[C@@H]4O[C@H]4O[C@H](CO)[C@@H](O)[C@H](O)[C@@H]4O[C@@H]4O[C@H](CO)[C@@H](O)[C@H](O)[C@@H]4O)[C@@H]3O)[C@H](O)[C@H]2NC(C)=O)[C@@H](CO)O[C@H]1O. The molecule has 0 radical (unpaired) electrons. The fraction of sp³-hybridized carbons (Fsp3) is 0.969. The van der Waals surface area contributed by atoms with Crippen LogP contribution >= 0.6 is 0 Å². The summed E-state index contributed by atoms with van der Waals surface area (Å²) in [5.41, 5.74) is 0. The number of hydrogen-bond acceptors (Lipinski definition) is 51. The highest BCUT2D eigenvalue weighted by Gasteiger charge is 2.61. The quantitative estimate of drug-likeness (QED) is 0.0318. The number of amides is 2. The molecular formula is C64H108N2O51. The maximum absolute atomic E-state index is 13.0. The molecule has 117 heavy (non-hydrogen) atoms. The molecule has 53 nitrogen and oxygen atoms in total. The van der Waals surface area contributed by atoms with E-state index in [-0.39, 0.29) is 0 Å². The van der Waals surface area contributed by atoms with Crippen LogP contribution in [0.2, 0.25) is 0 Å². The first-order valence-corrected chi connectivity index (χ1v) is 37.2. The van der Waals surface area contributed by atoms with Crippen LogP contribution in [-0.4, -0.2) is 538 Å². The number of nitrogens with one attached hydrogen (secondary N) is 2. The Hall–Kier alpha value is -3.02. The number of carbonyl (C=O) groups excluding carboxylic acids is 2. The van der Waals surface area contributed by atoms with Crippen molar-refractivity contribution in [3.63, 3.8) is 0 Å². The van der Waals surface area contributed by atoms with E-state index in [0.717, 1.165) is 13.8 Å². The Morgan fingerprint density at radius 3 is 0.855 bits per heavy atom. The van der Waals surface area contributed by atoms with Gasteiger partial charge in [0.25, 0.3) is 0 Å². The molecular weight excluding hydrogens is 1610 g/mol. The standard InChI is InChI=1S/C64H108N2O51/c1-13(75)65-25-35(85)48(21(9-73)101-55(25)98)111-56-26(66-14(2)76)36(86)49(22(10-74)108-56)112-61-47(97)51(114-63-54(42(92)32(82)19(7-71)106-63)117-64-53(41(91)31(81)20(8-72)107-64)116-60-45(95)39(89)29(79)17(5-69)104-60)34(84)24(110-61)11-99-57-46(96)50(113-58-43(93)37(87)27(77)15(3-67)102-58)33(83)23(109-57)12-100-62-52(40(90)30(80)18(6-70)105-62)115-59-44(94)38(88)28(78)16(4-68)103-59/h15-64,67-74,77-98H,3-12H2,1-2H3,(H,65,75)(H,66,76)/t15-,16-,17-,18-,19-,20-,21-,22-,23-,24-,25-,26-,27-,28-,29-,30-,31-,32-,33-,34-,35-,36-,37+,38+,39+,40+,41+,42+,43+,44+,45+,46+,47+,48-,49-,50+,51+,52+,53+,54+,55-,56+,57+,58-,59-,60+,61+,62+,63-,64-/m1/s1. The lowest BCUT2D eigenvalue weighted by Crippen LogP contribution is -2.70. The Morgan fingerprint density at radius 2 is 0.470 bits per heavy atom. The minimum atomic E-state index is -2.64. The molecule has 0 bridgehead atoms. The fourth-order valence-corrected chi connectivity index (χ4v) is 15.0. The van der Waals surface area contributed by atoms with Crippen LogP contribution in [0.15, 0.2) is 0 Å². The zero-order valence-electron chi connectivity index (χ0n) is 61.9. The number of aliphatic hydroxyl groups is 30. The molecule has 2 amide bonds. The third kappa shape index (κ3) is 20.7. The molecule has 10 fully saturated rings. The molecule has 32 N–H and O–H groups in total. The number of ether oxygens (including phenoxy) is 19. The van der Waals surface area contributed by atoms with Crippen molar-refractivity contribution in [2.24, 2.45) is 0 Å². The summed E-state index contributed by atoms with van der Waals surface area (Å²) in [5, 5.41) is 336. The molecule has 0 aliphatic carbocycles. The summed E-state index contributed by atoms with van der Waals surface area (Å²) >= 11 is 0. The van der Waals surface area contributed by atoms with Crippen molar-refractivity contribution in [2.75, 3.05) is 66.1 Å². The number of aliphatic hydroxyl groups excluding tert-OH is 30. The van der Waals surface area contributed by atoms with Gasteiger partial charge in [-0.1, -0.05) is 0 Å². The summed E-state index contributed by atoms with van der Waals surface area (Å²) in [6, 6.07) is -3.64. The molecule has 0 aromatic carbocycles. The predicted molar refractivity (Wildman–Crippen MR) is 353 cm³/mol. The van der Waals surface area contributed by atoms with Crippen LogP contribution < -0.4 is 10.6 Å². The second kappa shape index (κ2) is 41.9. The predicted octanol–water partition coefficient (Wildman–Crippen LogP) is -22.5. The lowest BCUT2D eigenvalue weighted by atomic mass is 9.94. The highest BCUT2D eigenvalue weighted by molar-refractivity contribution is 5.73. The van der Waals surface area contributed by atoms with E-state index in [1.807, 2.05) is 0 Å². The molecule has 53 heteroatoms. The van der Waals surface area contributed by atoms with Gasteiger partial charge in [0.15, 0.2) is 62.9 Å². The first kappa shape index (κ1) is 96.2. The van der Waals surface area contributed by atoms with Gasteiger partial charge in [-0.15, -0.1) is 0 Å². The van der Waals surface area contributed by atoms with Crippen LogP contribution in [0, 0.1) is 0 Å². The summed E-state index contributed by atoms with van der Waals surface area (Å²) in [6.45, 7) is -9.28. The molecule has 10 aliphatic rings. The molecule has 680 valence electrons. The minimum Gasteiger partial charge on any atom is -0.394 e. The fourth-order valence-electron chi connectivity index (χ4n) is 15.0. The average molecular weight is 1720 g/mol. The van der Waals surface area contributed by atoms with E-state index in [1.165, 1.54) is 0 Å². The van der Waals surface area contributed by atoms with E-state index < -0.39 is 385 Å². The van der Waals surface area contributed by atoms with Crippen LogP contribution in [-0.2, 0) is 99.6 Å². The molecule has 0 spiro atoms. The van der Waals surface area contributed by atoms with Crippen molar-refractivity contribution in [3.05, 3.63) is 0 Å². The number of carbonyl (C=O) groups is 2. The second-order valence-electron chi connectivity index (χ2n) is 29.5. The molecule has 10 saturated heterocycles. The van der Waals surface area contributed by atoms with Crippen molar-refractivity contribution < 1.29 is 253 Å². The Labute approximate surface area is 660 Å². The Morgan fingerprint density at radius 1 is 0.222 bits per heavy atom.